The first-order valence-corrected chi connectivity index (χ1v) is 9.97. The summed E-state index contributed by atoms with van der Waals surface area (Å²) in [7, 11) is 0. The predicted octanol–water partition coefficient (Wildman–Crippen LogP) is 5.33. The Kier molecular flexibility index (Phi) is 5.14. The molecule has 1 amide bonds. The number of rotatable bonds is 3. The van der Waals surface area contributed by atoms with Crippen LogP contribution in [0.4, 0.5) is 4.39 Å². The molecule has 1 unspecified atom stereocenters. The minimum Gasteiger partial charge on any atom is -0.345 e. The summed E-state index contributed by atoms with van der Waals surface area (Å²) in [6, 6.07) is 21.1. The van der Waals surface area contributed by atoms with Gasteiger partial charge in [-0.05, 0) is 47.9 Å². The number of fused-ring (bicyclic) bond motifs is 1. The molecule has 0 saturated heterocycles. The zero-order valence-corrected chi connectivity index (χ0v) is 15.8. The van der Waals surface area contributed by atoms with Gasteiger partial charge in [-0.25, -0.2) is 4.39 Å². The van der Waals surface area contributed by atoms with Crippen LogP contribution in [0, 0.1) is 17.1 Å². The van der Waals surface area contributed by atoms with E-state index in [9.17, 15) is 14.4 Å². The highest BCUT2D eigenvalue weighted by Gasteiger charge is 2.24. The fraction of sp³-hybridized carbons (Fsp3) is 0.130. The highest BCUT2D eigenvalue weighted by atomic mass is 32.2. The molecule has 138 valence electrons. The summed E-state index contributed by atoms with van der Waals surface area (Å²) < 4.78 is 13.7. The van der Waals surface area contributed by atoms with E-state index in [2.05, 4.69) is 11.4 Å². The molecule has 1 aliphatic rings. The Morgan fingerprint density at radius 1 is 1.07 bits per heavy atom. The van der Waals surface area contributed by atoms with Gasteiger partial charge in [0.15, 0.2) is 0 Å². The van der Waals surface area contributed by atoms with E-state index in [0.717, 1.165) is 28.2 Å². The van der Waals surface area contributed by atoms with Gasteiger partial charge in [0.25, 0.3) is 5.91 Å². The van der Waals surface area contributed by atoms with Crippen molar-refractivity contribution in [2.24, 2.45) is 0 Å². The maximum atomic E-state index is 13.7. The third-order valence-corrected chi connectivity index (χ3v) is 5.95. The van der Waals surface area contributed by atoms with E-state index in [1.807, 2.05) is 24.3 Å². The van der Waals surface area contributed by atoms with Crippen LogP contribution in [0.15, 0.2) is 71.6 Å². The molecular formula is C23H17FN2OS. The van der Waals surface area contributed by atoms with E-state index in [0.29, 0.717) is 16.7 Å². The Morgan fingerprint density at radius 2 is 1.82 bits per heavy atom. The highest BCUT2D eigenvalue weighted by Crippen LogP contribution is 2.37. The van der Waals surface area contributed by atoms with Crippen molar-refractivity contribution in [1.82, 2.24) is 5.32 Å². The molecule has 0 aromatic heterocycles. The SMILES string of the molecule is N#Cc1ccccc1-c1ccccc1C(=O)NC1CCSc2ccc(F)cc21. The van der Waals surface area contributed by atoms with Gasteiger partial charge in [0.2, 0.25) is 0 Å². The van der Waals surface area contributed by atoms with E-state index >= 15 is 0 Å². The fourth-order valence-electron chi connectivity index (χ4n) is 3.48. The highest BCUT2D eigenvalue weighted by molar-refractivity contribution is 7.99. The quantitative estimate of drug-likeness (QED) is 0.660. The summed E-state index contributed by atoms with van der Waals surface area (Å²) in [4.78, 5) is 14.1. The second-order valence-electron chi connectivity index (χ2n) is 6.55. The molecule has 0 bridgehead atoms. The normalized spacial score (nSPS) is 15.4. The van der Waals surface area contributed by atoms with Gasteiger partial charge in [0.1, 0.15) is 5.82 Å². The van der Waals surface area contributed by atoms with Gasteiger partial charge in [-0.15, -0.1) is 11.8 Å². The molecule has 0 aliphatic carbocycles. The molecule has 5 heteroatoms. The maximum Gasteiger partial charge on any atom is 0.252 e. The van der Waals surface area contributed by atoms with Gasteiger partial charge in [0, 0.05) is 21.8 Å². The van der Waals surface area contributed by atoms with E-state index in [1.165, 1.54) is 12.1 Å². The van der Waals surface area contributed by atoms with Crippen molar-refractivity contribution < 1.29 is 9.18 Å². The van der Waals surface area contributed by atoms with Crippen molar-refractivity contribution in [1.29, 1.82) is 5.26 Å². The summed E-state index contributed by atoms with van der Waals surface area (Å²) in [5.74, 6) is 0.335. The average Bonchev–Trinajstić information content (AvgIpc) is 2.74. The fourth-order valence-corrected chi connectivity index (χ4v) is 4.59. The zero-order valence-electron chi connectivity index (χ0n) is 15.0. The number of nitrogens with one attached hydrogen (secondary N) is 1. The van der Waals surface area contributed by atoms with Crippen LogP contribution in [-0.4, -0.2) is 11.7 Å². The van der Waals surface area contributed by atoms with Crippen molar-refractivity contribution in [3.05, 3.63) is 89.2 Å². The first kappa shape index (κ1) is 18.3. The lowest BCUT2D eigenvalue weighted by atomic mass is 9.95. The van der Waals surface area contributed by atoms with E-state index in [-0.39, 0.29) is 17.8 Å². The van der Waals surface area contributed by atoms with Gasteiger partial charge in [0.05, 0.1) is 17.7 Å². The van der Waals surface area contributed by atoms with Gasteiger partial charge in [-0.3, -0.25) is 4.79 Å². The van der Waals surface area contributed by atoms with Crippen LogP contribution in [0.5, 0.6) is 0 Å². The summed E-state index contributed by atoms with van der Waals surface area (Å²) in [5.41, 5.74) is 3.27. The number of hydrogen-bond donors (Lipinski definition) is 1. The van der Waals surface area contributed by atoms with Crippen LogP contribution < -0.4 is 5.32 Å². The number of carbonyl (C=O) groups excluding carboxylic acids is 1. The van der Waals surface area contributed by atoms with E-state index in [4.69, 9.17) is 0 Å². The molecule has 4 rings (SSSR count). The van der Waals surface area contributed by atoms with Crippen LogP contribution in [0.2, 0.25) is 0 Å². The summed E-state index contributed by atoms with van der Waals surface area (Å²) in [6.07, 6.45) is 0.740. The second-order valence-corrected chi connectivity index (χ2v) is 7.69. The minimum absolute atomic E-state index is 0.226. The minimum atomic E-state index is -0.302. The van der Waals surface area contributed by atoms with E-state index in [1.54, 1.807) is 42.1 Å². The number of thioether (sulfide) groups is 1. The van der Waals surface area contributed by atoms with Crippen molar-refractivity contribution in [2.45, 2.75) is 17.4 Å². The monoisotopic (exact) mass is 388 g/mol. The van der Waals surface area contributed by atoms with Gasteiger partial charge in [-0.2, -0.15) is 5.26 Å². The molecule has 1 N–H and O–H groups in total. The van der Waals surface area contributed by atoms with Gasteiger partial charge < -0.3 is 5.32 Å². The Hall–Kier alpha value is -3.10. The van der Waals surface area contributed by atoms with Crippen LogP contribution in [-0.2, 0) is 0 Å². The molecule has 3 nitrogen and oxygen atoms in total. The number of nitriles is 1. The van der Waals surface area contributed by atoms with Crippen LogP contribution >= 0.6 is 11.8 Å². The number of benzene rings is 3. The lowest BCUT2D eigenvalue weighted by Gasteiger charge is -2.26. The standard InChI is InChI=1S/C23H17FN2OS/c24-16-9-10-22-20(13-16)21(11-12-28-22)26-23(27)19-8-4-3-7-18(19)17-6-2-1-5-15(17)14-25/h1-10,13,21H,11-12H2,(H,26,27). The van der Waals surface area contributed by atoms with E-state index < -0.39 is 0 Å². The van der Waals surface area contributed by atoms with Crippen LogP contribution in [0.25, 0.3) is 11.1 Å². The van der Waals surface area contributed by atoms with Gasteiger partial charge in [-0.1, -0.05) is 36.4 Å². The molecule has 3 aromatic carbocycles. The Morgan fingerprint density at radius 3 is 2.64 bits per heavy atom. The summed E-state index contributed by atoms with van der Waals surface area (Å²) >= 11 is 1.67. The third kappa shape index (κ3) is 3.51. The molecule has 3 aromatic rings. The molecule has 0 saturated carbocycles. The summed E-state index contributed by atoms with van der Waals surface area (Å²) in [6.45, 7) is 0. The van der Waals surface area contributed by atoms with Gasteiger partial charge >= 0.3 is 0 Å². The van der Waals surface area contributed by atoms with Crippen molar-refractivity contribution in [2.75, 3.05) is 5.75 Å². The predicted molar refractivity (Wildman–Crippen MR) is 109 cm³/mol. The Labute approximate surface area is 167 Å². The number of amides is 1. The third-order valence-electron chi connectivity index (χ3n) is 4.83. The number of hydrogen-bond acceptors (Lipinski definition) is 3. The number of halogens is 1. The smallest absolute Gasteiger partial charge is 0.252 e. The maximum absolute atomic E-state index is 13.7. The first-order valence-electron chi connectivity index (χ1n) is 8.99. The average molecular weight is 388 g/mol. The molecular weight excluding hydrogens is 371 g/mol. The van der Waals surface area contributed by atoms with Crippen molar-refractivity contribution in [3.63, 3.8) is 0 Å². The zero-order chi connectivity index (χ0) is 19.5. The van der Waals surface area contributed by atoms with Crippen LogP contribution in [0.1, 0.15) is 33.9 Å². The molecule has 28 heavy (non-hydrogen) atoms. The lowest BCUT2D eigenvalue weighted by Crippen LogP contribution is -2.31. The number of carbonyl (C=O) groups is 1. The molecule has 1 heterocycles. The van der Waals surface area contributed by atoms with Crippen LogP contribution in [0.3, 0.4) is 0 Å². The summed E-state index contributed by atoms with van der Waals surface area (Å²) in [5, 5.41) is 12.5. The largest absolute Gasteiger partial charge is 0.345 e. The second kappa shape index (κ2) is 7.87. The Bertz CT molecular complexity index is 1090. The lowest BCUT2D eigenvalue weighted by molar-refractivity contribution is 0.0935. The molecule has 0 fully saturated rings. The first-order chi connectivity index (χ1) is 13.7. The molecule has 1 atom stereocenters. The van der Waals surface area contributed by atoms with Crippen molar-refractivity contribution in [3.8, 4) is 17.2 Å². The topological polar surface area (TPSA) is 52.9 Å². The Balaban J connectivity index is 1.68. The number of nitrogens with zero attached hydrogens (tertiary/aromatic N) is 1. The molecule has 0 spiro atoms. The molecule has 0 radical (unpaired) electrons. The molecule has 1 aliphatic heterocycles. The van der Waals surface area contributed by atoms with Crippen molar-refractivity contribution >= 4 is 17.7 Å².